The lowest BCUT2D eigenvalue weighted by molar-refractivity contribution is 0.139. The molecule has 7 nitrogen and oxygen atoms in total. The van der Waals surface area contributed by atoms with Crippen molar-refractivity contribution in [3.8, 4) is 11.1 Å². The number of carbonyl (C=O) groups excluding carboxylic acids is 1. The highest BCUT2D eigenvalue weighted by Crippen LogP contribution is 2.21. The van der Waals surface area contributed by atoms with Gasteiger partial charge >= 0.3 is 6.09 Å². The summed E-state index contributed by atoms with van der Waals surface area (Å²) in [6.07, 6.45) is 5.23. The van der Waals surface area contributed by atoms with E-state index in [-0.39, 0.29) is 12.2 Å². The molecule has 0 atom stereocenters. The number of amides is 1. The van der Waals surface area contributed by atoms with Crippen LogP contribution in [0.4, 0.5) is 4.79 Å². The molecule has 0 spiro atoms. The third-order valence-electron chi connectivity index (χ3n) is 5.49. The van der Waals surface area contributed by atoms with Crippen LogP contribution in [0.2, 0.25) is 0 Å². The molecule has 7 heteroatoms. The van der Waals surface area contributed by atoms with Crippen LogP contribution in [-0.2, 0) is 24.8 Å². The van der Waals surface area contributed by atoms with Crippen LogP contribution in [-0.4, -0.2) is 27.2 Å². The van der Waals surface area contributed by atoms with Crippen LogP contribution >= 0.6 is 0 Å². The second kappa shape index (κ2) is 10.5. The van der Waals surface area contributed by atoms with Gasteiger partial charge in [-0.2, -0.15) is 0 Å². The van der Waals surface area contributed by atoms with Gasteiger partial charge in [-0.15, -0.1) is 0 Å². The van der Waals surface area contributed by atoms with Gasteiger partial charge in [0.05, 0.1) is 10.9 Å². The number of alkyl carbamates (subject to hydrolysis) is 1. The average molecular weight is 443 g/mol. The Balaban J connectivity index is 1.31. The Labute approximate surface area is 192 Å². The maximum absolute atomic E-state index is 12.9. The first-order valence-corrected chi connectivity index (χ1v) is 11.0. The zero-order valence-electron chi connectivity index (χ0n) is 18.5. The van der Waals surface area contributed by atoms with E-state index in [0.717, 1.165) is 35.4 Å². The molecule has 168 valence electrons. The molecule has 4 aromatic rings. The summed E-state index contributed by atoms with van der Waals surface area (Å²) in [6.45, 7) is 0.753. The van der Waals surface area contributed by atoms with Crippen molar-refractivity contribution in [2.24, 2.45) is 7.05 Å². The lowest BCUT2D eigenvalue weighted by Crippen LogP contribution is -2.25. The predicted molar refractivity (Wildman–Crippen MR) is 128 cm³/mol. The average Bonchev–Trinajstić information content (AvgIpc) is 2.86. The second-order valence-electron chi connectivity index (χ2n) is 7.81. The molecular formula is C26H26N4O3. The number of aryl methyl sites for hydroxylation is 1. The van der Waals surface area contributed by atoms with Crippen molar-refractivity contribution >= 4 is 17.0 Å². The van der Waals surface area contributed by atoms with E-state index in [1.807, 2.05) is 60.7 Å². The second-order valence-corrected chi connectivity index (χ2v) is 7.81. The van der Waals surface area contributed by atoms with Crippen molar-refractivity contribution in [1.82, 2.24) is 19.9 Å². The Morgan fingerprint density at radius 2 is 1.79 bits per heavy atom. The standard InChI is InChI=1S/C26H26N4O3/c1-30-24(9-5-6-14-28-26(32)33-18-19-7-3-2-4-8-19)29-23-11-10-21(17-22(23)25(30)31)20-12-15-27-16-13-20/h2-4,7-8,10-13,15-17H,5-6,9,14,18H2,1H3,(H,28,32). The summed E-state index contributed by atoms with van der Waals surface area (Å²) in [5.74, 6) is 0.732. The number of benzene rings is 2. The number of fused-ring (bicyclic) bond motifs is 1. The molecule has 0 unspecified atom stereocenters. The number of nitrogens with one attached hydrogen (secondary N) is 1. The number of unbranched alkanes of at least 4 members (excludes halogenated alkanes) is 1. The predicted octanol–water partition coefficient (Wildman–Crippen LogP) is 4.24. The highest BCUT2D eigenvalue weighted by atomic mass is 16.5. The van der Waals surface area contributed by atoms with Gasteiger partial charge in [-0.05, 0) is 53.8 Å². The van der Waals surface area contributed by atoms with Gasteiger partial charge in [0, 0.05) is 32.4 Å². The zero-order chi connectivity index (χ0) is 23.0. The third kappa shape index (κ3) is 5.63. The van der Waals surface area contributed by atoms with Crippen molar-refractivity contribution in [1.29, 1.82) is 0 Å². The van der Waals surface area contributed by atoms with E-state index in [2.05, 4.69) is 10.3 Å². The molecule has 0 radical (unpaired) electrons. The summed E-state index contributed by atoms with van der Waals surface area (Å²) < 4.78 is 6.82. The smallest absolute Gasteiger partial charge is 0.407 e. The largest absolute Gasteiger partial charge is 0.445 e. The normalized spacial score (nSPS) is 10.8. The molecule has 0 bridgehead atoms. The van der Waals surface area contributed by atoms with Crippen LogP contribution < -0.4 is 10.9 Å². The third-order valence-corrected chi connectivity index (χ3v) is 5.49. The van der Waals surface area contributed by atoms with Crippen molar-refractivity contribution in [3.63, 3.8) is 0 Å². The Kier molecular flexibility index (Phi) is 7.09. The number of rotatable bonds is 8. The van der Waals surface area contributed by atoms with Crippen molar-refractivity contribution in [2.75, 3.05) is 6.54 Å². The summed E-state index contributed by atoms with van der Waals surface area (Å²) in [5, 5.41) is 3.36. The summed E-state index contributed by atoms with van der Waals surface area (Å²) in [5.41, 5.74) is 3.54. The fraction of sp³-hybridized carbons (Fsp3) is 0.231. The monoisotopic (exact) mass is 442 g/mol. The van der Waals surface area contributed by atoms with E-state index in [4.69, 9.17) is 9.72 Å². The van der Waals surface area contributed by atoms with Crippen molar-refractivity contribution in [2.45, 2.75) is 25.9 Å². The number of hydrogen-bond donors (Lipinski definition) is 1. The maximum atomic E-state index is 12.9. The minimum atomic E-state index is -0.430. The number of hydrogen-bond acceptors (Lipinski definition) is 5. The summed E-state index contributed by atoms with van der Waals surface area (Å²) in [7, 11) is 1.75. The Bertz CT molecular complexity index is 1290. The molecule has 0 aliphatic rings. The first-order chi connectivity index (χ1) is 16.1. The summed E-state index contributed by atoms with van der Waals surface area (Å²) in [4.78, 5) is 33.5. The highest BCUT2D eigenvalue weighted by molar-refractivity contribution is 5.83. The molecule has 4 rings (SSSR count). The topological polar surface area (TPSA) is 86.1 Å². The number of ether oxygens (including phenoxy) is 1. The van der Waals surface area contributed by atoms with Crippen molar-refractivity contribution < 1.29 is 9.53 Å². The fourth-order valence-corrected chi connectivity index (χ4v) is 3.64. The van der Waals surface area contributed by atoms with Crippen LogP contribution in [0.3, 0.4) is 0 Å². The molecule has 0 fully saturated rings. The van der Waals surface area contributed by atoms with E-state index in [0.29, 0.717) is 23.9 Å². The summed E-state index contributed by atoms with van der Waals surface area (Å²) >= 11 is 0. The quantitative estimate of drug-likeness (QED) is 0.413. The fourth-order valence-electron chi connectivity index (χ4n) is 3.64. The van der Waals surface area contributed by atoms with Gasteiger partial charge in [0.2, 0.25) is 0 Å². The van der Waals surface area contributed by atoms with Gasteiger partial charge in [0.25, 0.3) is 5.56 Å². The molecule has 1 N–H and O–H groups in total. The number of carbonyl (C=O) groups is 1. The molecule has 0 saturated carbocycles. The van der Waals surface area contributed by atoms with E-state index in [9.17, 15) is 9.59 Å². The van der Waals surface area contributed by atoms with Gasteiger partial charge in [0.1, 0.15) is 12.4 Å². The number of nitrogens with zero attached hydrogens (tertiary/aromatic N) is 3. The van der Waals surface area contributed by atoms with Gasteiger partial charge in [-0.1, -0.05) is 36.4 Å². The minimum Gasteiger partial charge on any atom is -0.445 e. The molecule has 2 aromatic heterocycles. The van der Waals surface area contributed by atoms with E-state index in [1.165, 1.54) is 0 Å². The minimum absolute atomic E-state index is 0.0616. The lowest BCUT2D eigenvalue weighted by atomic mass is 10.0. The first-order valence-electron chi connectivity index (χ1n) is 11.0. The number of pyridine rings is 1. The highest BCUT2D eigenvalue weighted by Gasteiger charge is 2.10. The molecule has 33 heavy (non-hydrogen) atoms. The van der Waals surface area contributed by atoms with Crippen LogP contribution in [0, 0.1) is 0 Å². The summed E-state index contributed by atoms with van der Waals surface area (Å²) in [6, 6.07) is 19.1. The Morgan fingerprint density at radius 1 is 1.00 bits per heavy atom. The molecule has 0 aliphatic carbocycles. The van der Waals surface area contributed by atoms with Gasteiger partial charge < -0.3 is 10.1 Å². The SMILES string of the molecule is Cn1c(CCCCNC(=O)OCc2ccccc2)nc2ccc(-c3ccncc3)cc2c1=O. The molecular weight excluding hydrogens is 416 g/mol. The zero-order valence-corrected chi connectivity index (χ0v) is 18.5. The lowest BCUT2D eigenvalue weighted by Gasteiger charge is -2.11. The first kappa shape index (κ1) is 22.2. The van der Waals surface area contributed by atoms with Crippen LogP contribution in [0.1, 0.15) is 24.2 Å². The van der Waals surface area contributed by atoms with Crippen LogP contribution in [0.15, 0.2) is 77.9 Å². The van der Waals surface area contributed by atoms with Gasteiger partial charge in [-0.25, -0.2) is 9.78 Å². The van der Waals surface area contributed by atoms with Crippen LogP contribution in [0.5, 0.6) is 0 Å². The van der Waals surface area contributed by atoms with Crippen molar-refractivity contribution in [3.05, 3.63) is 94.8 Å². The van der Waals surface area contributed by atoms with E-state index >= 15 is 0 Å². The van der Waals surface area contributed by atoms with Gasteiger partial charge in [0.15, 0.2) is 0 Å². The maximum Gasteiger partial charge on any atom is 0.407 e. The Hall–Kier alpha value is -4.00. The van der Waals surface area contributed by atoms with E-state index < -0.39 is 6.09 Å². The van der Waals surface area contributed by atoms with Gasteiger partial charge in [-0.3, -0.25) is 14.3 Å². The molecule has 0 aliphatic heterocycles. The molecule has 0 saturated heterocycles. The number of aromatic nitrogens is 3. The molecule has 2 aromatic carbocycles. The van der Waals surface area contributed by atoms with E-state index in [1.54, 1.807) is 24.0 Å². The Morgan fingerprint density at radius 3 is 2.58 bits per heavy atom. The molecule has 2 heterocycles. The molecule has 1 amide bonds. The van der Waals surface area contributed by atoms with Crippen LogP contribution in [0.25, 0.3) is 22.0 Å².